The predicted octanol–water partition coefficient (Wildman–Crippen LogP) is 3.79. The fourth-order valence-corrected chi connectivity index (χ4v) is 3.94. The first kappa shape index (κ1) is 19.7. The molecule has 8 nitrogen and oxygen atoms in total. The fourth-order valence-electron chi connectivity index (χ4n) is 3.68. The number of nitrogens with one attached hydrogen (secondary N) is 1. The summed E-state index contributed by atoms with van der Waals surface area (Å²) in [6, 6.07) is 15.3. The van der Waals surface area contributed by atoms with Crippen LogP contribution in [0.4, 0.5) is 10.5 Å². The summed E-state index contributed by atoms with van der Waals surface area (Å²) in [6.07, 6.45) is 1.70. The third-order valence-corrected chi connectivity index (χ3v) is 5.92. The number of aromatic nitrogens is 3. The zero-order valence-electron chi connectivity index (χ0n) is 16.6. The molecule has 0 radical (unpaired) electrons. The van der Waals surface area contributed by atoms with Gasteiger partial charge in [-0.15, -0.1) is 5.10 Å². The van der Waals surface area contributed by atoms with Crippen LogP contribution in [0.5, 0.6) is 0 Å². The van der Waals surface area contributed by atoms with Gasteiger partial charge in [-0.3, -0.25) is 9.69 Å². The number of cyclic esters (lactones) is 1. The Morgan fingerprint density at radius 3 is 2.68 bits per heavy atom. The monoisotopic (exact) mass is 481 g/mol. The first-order valence-electron chi connectivity index (χ1n) is 10.1. The number of carbonyl (C=O) groups excluding carboxylic acids is 2. The topological polar surface area (TPSA) is 89.3 Å². The van der Waals surface area contributed by atoms with Gasteiger partial charge < -0.3 is 10.1 Å². The van der Waals surface area contributed by atoms with Crippen molar-refractivity contribution < 1.29 is 14.3 Å². The van der Waals surface area contributed by atoms with E-state index < -0.39 is 0 Å². The minimum absolute atomic E-state index is 0.253. The van der Waals surface area contributed by atoms with Crippen molar-refractivity contribution >= 4 is 33.6 Å². The van der Waals surface area contributed by atoms with Gasteiger partial charge in [-0.05, 0) is 54.8 Å². The second kappa shape index (κ2) is 8.14. The van der Waals surface area contributed by atoms with Crippen molar-refractivity contribution in [1.29, 1.82) is 0 Å². The average Bonchev–Trinajstić information content (AvgIpc) is 3.37. The summed E-state index contributed by atoms with van der Waals surface area (Å²) in [5.74, 6) is 0.0418. The van der Waals surface area contributed by atoms with Gasteiger partial charge in [0.25, 0.3) is 5.91 Å². The Hall–Kier alpha value is -3.20. The van der Waals surface area contributed by atoms with Gasteiger partial charge in [0.15, 0.2) is 5.69 Å². The third kappa shape index (κ3) is 4.05. The molecule has 0 atom stereocenters. The average molecular weight is 482 g/mol. The highest BCUT2D eigenvalue weighted by molar-refractivity contribution is 9.10. The Morgan fingerprint density at radius 1 is 1.16 bits per heavy atom. The molecule has 0 spiro atoms. The molecule has 0 bridgehead atoms. The van der Waals surface area contributed by atoms with Crippen molar-refractivity contribution in [1.82, 2.24) is 20.3 Å². The van der Waals surface area contributed by atoms with Crippen LogP contribution in [0.25, 0.3) is 5.69 Å². The van der Waals surface area contributed by atoms with Crippen molar-refractivity contribution in [3.05, 3.63) is 70.0 Å². The zero-order valence-corrected chi connectivity index (χ0v) is 18.2. The molecule has 2 aromatic carbocycles. The van der Waals surface area contributed by atoms with E-state index in [4.69, 9.17) is 4.74 Å². The Bertz CT molecular complexity index is 1140. The van der Waals surface area contributed by atoms with E-state index in [0.29, 0.717) is 31.3 Å². The molecule has 3 aromatic rings. The van der Waals surface area contributed by atoms with Crippen LogP contribution < -0.4 is 10.2 Å². The van der Waals surface area contributed by atoms with E-state index >= 15 is 0 Å². The highest BCUT2D eigenvalue weighted by atomic mass is 79.9. The quantitative estimate of drug-likeness (QED) is 0.578. The minimum Gasteiger partial charge on any atom is -0.447 e. The molecule has 31 heavy (non-hydrogen) atoms. The molecule has 2 fully saturated rings. The molecule has 2 heterocycles. The number of amides is 2. The van der Waals surface area contributed by atoms with E-state index in [1.54, 1.807) is 9.58 Å². The molecule has 1 aromatic heterocycles. The summed E-state index contributed by atoms with van der Waals surface area (Å²) in [6.45, 7) is 1.24. The molecule has 9 heteroatoms. The summed E-state index contributed by atoms with van der Waals surface area (Å²) in [4.78, 5) is 26.3. The van der Waals surface area contributed by atoms with Crippen LogP contribution in [0.15, 0.2) is 53.0 Å². The number of carbonyl (C=O) groups is 2. The summed E-state index contributed by atoms with van der Waals surface area (Å²) in [5, 5.41) is 11.4. The molecule has 1 N–H and O–H groups in total. The molecule has 1 saturated carbocycles. The van der Waals surface area contributed by atoms with Crippen LogP contribution in [0.1, 0.15) is 40.5 Å². The highest BCUT2D eigenvalue weighted by Gasteiger charge is 2.34. The standard InChI is InChI=1S/C22H20BrN5O3/c23-16-6-8-17(9-7-16)28-20(15-4-5-15)19(25-26-28)21(29)24-13-14-2-1-3-18(12-14)27-10-11-31-22(27)30/h1-3,6-9,12,15H,4-5,10-11,13H2,(H,24,29). The summed E-state index contributed by atoms with van der Waals surface area (Å²) >= 11 is 3.44. The maximum absolute atomic E-state index is 12.9. The lowest BCUT2D eigenvalue weighted by atomic mass is 10.1. The lowest BCUT2D eigenvalue weighted by Crippen LogP contribution is -2.25. The first-order valence-corrected chi connectivity index (χ1v) is 10.9. The molecular weight excluding hydrogens is 462 g/mol. The molecule has 1 aliphatic carbocycles. The van der Waals surface area contributed by atoms with E-state index in [2.05, 4.69) is 31.6 Å². The van der Waals surface area contributed by atoms with Crippen LogP contribution >= 0.6 is 15.9 Å². The lowest BCUT2D eigenvalue weighted by Gasteiger charge is -2.14. The van der Waals surface area contributed by atoms with Crippen molar-refractivity contribution in [3.63, 3.8) is 0 Å². The smallest absolute Gasteiger partial charge is 0.414 e. The van der Waals surface area contributed by atoms with E-state index in [-0.39, 0.29) is 12.0 Å². The van der Waals surface area contributed by atoms with Crippen LogP contribution in [0, 0.1) is 0 Å². The van der Waals surface area contributed by atoms with Crippen LogP contribution in [0.3, 0.4) is 0 Å². The van der Waals surface area contributed by atoms with Gasteiger partial charge in [-0.2, -0.15) is 0 Å². The number of hydrogen-bond acceptors (Lipinski definition) is 5. The zero-order chi connectivity index (χ0) is 21.4. The van der Waals surface area contributed by atoms with Gasteiger partial charge in [0.1, 0.15) is 6.61 Å². The van der Waals surface area contributed by atoms with Gasteiger partial charge in [0, 0.05) is 22.6 Å². The summed E-state index contributed by atoms with van der Waals surface area (Å²) in [7, 11) is 0. The van der Waals surface area contributed by atoms with E-state index in [0.717, 1.165) is 39.9 Å². The fraction of sp³-hybridized carbons (Fsp3) is 0.273. The SMILES string of the molecule is O=C(NCc1cccc(N2CCOC2=O)c1)c1nnn(-c2ccc(Br)cc2)c1C1CC1. The van der Waals surface area contributed by atoms with Gasteiger partial charge in [-0.1, -0.05) is 33.3 Å². The van der Waals surface area contributed by atoms with E-state index in [9.17, 15) is 9.59 Å². The van der Waals surface area contributed by atoms with Crippen molar-refractivity contribution in [2.45, 2.75) is 25.3 Å². The Morgan fingerprint density at radius 2 is 1.97 bits per heavy atom. The number of benzene rings is 2. The molecule has 2 aliphatic rings. The minimum atomic E-state index is -0.347. The normalized spacial score (nSPS) is 15.8. The second-order valence-electron chi connectivity index (χ2n) is 7.60. The molecule has 158 valence electrons. The molecule has 5 rings (SSSR count). The van der Waals surface area contributed by atoms with Gasteiger partial charge in [0.05, 0.1) is 17.9 Å². The highest BCUT2D eigenvalue weighted by Crippen LogP contribution is 2.42. The Kier molecular flexibility index (Phi) is 5.19. The molecular formula is C22H20BrN5O3. The van der Waals surface area contributed by atoms with Crippen LogP contribution in [-0.4, -0.2) is 40.1 Å². The Balaban J connectivity index is 1.33. The predicted molar refractivity (Wildman–Crippen MR) is 117 cm³/mol. The van der Waals surface area contributed by atoms with E-state index in [1.807, 2.05) is 48.5 Å². The van der Waals surface area contributed by atoms with Crippen molar-refractivity contribution in [2.24, 2.45) is 0 Å². The van der Waals surface area contributed by atoms with Crippen LogP contribution in [0.2, 0.25) is 0 Å². The number of nitrogens with zero attached hydrogens (tertiary/aromatic N) is 4. The number of anilines is 1. The number of rotatable bonds is 6. The second-order valence-corrected chi connectivity index (χ2v) is 8.52. The van der Waals surface area contributed by atoms with Gasteiger partial charge >= 0.3 is 6.09 Å². The Labute approximate surface area is 187 Å². The molecule has 2 amide bonds. The third-order valence-electron chi connectivity index (χ3n) is 5.39. The van der Waals surface area contributed by atoms with Crippen molar-refractivity contribution in [3.8, 4) is 5.69 Å². The molecule has 0 unspecified atom stereocenters. The molecule has 1 saturated heterocycles. The summed E-state index contributed by atoms with van der Waals surface area (Å²) in [5.41, 5.74) is 3.74. The van der Waals surface area contributed by atoms with E-state index in [1.165, 1.54) is 0 Å². The maximum atomic E-state index is 12.9. The number of ether oxygens (including phenoxy) is 1. The lowest BCUT2D eigenvalue weighted by molar-refractivity contribution is 0.0944. The maximum Gasteiger partial charge on any atom is 0.414 e. The van der Waals surface area contributed by atoms with Gasteiger partial charge in [-0.25, -0.2) is 9.48 Å². The number of halogens is 1. The largest absolute Gasteiger partial charge is 0.447 e. The summed E-state index contributed by atoms with van der Waals surface area (Å²) < 4.78 is 7.74. The molecule has 1 aliphatic heterocycles. The van der Waals surface area contributed by atoms with Gasteiger partial charge in [0.2, 0.25) is 0 Å². The first-order chi connectivity index (χ1) is 15.1. The van der Waals surface area contributed by atoms with Crippen molar-refractivity contribution in [2.75, 3.05) is 18.1 Å². The number of hydrogen-bond donors (Lipinski definition) is 1. The van der Waals surface area contributed by atoms with Crippen LogP contribution in [-0.2, 0) is 11.3 Å².